The van der Waals surface area contributed by atoms with Crippen LogP contribution >= 0.6 is 0 Å². The first-order valence-electron chi connectivity index (χ1n) is 4.76. The van der Waals surface area contributed by atoms with Gasteiger partial charge < -0.3 is 5.73 Å². The minimum atomic E-state index is 0.557. The van der Waals surface area contributed by atoms with Crippen LogP contribution in [0.25, 0.3) is 11.0 Å². The second kappa shape index (κ2) is 3.29. The largest absolute Gasteiger partial charge is 0.397 e. The Labute approximate surface area is 82.7 Å². The van der Waals surface area contributed by atoms with Gasteiger partial charge in [-0.3, -0.25) is 0 Å². The Morgan fingerprint density at radius 2 is 2.21 bits per heavy atom. The number of aromatic nitrogens is 3. The number of anilines is 1. The number of nitrogen functional groups attached to an aromatic ring is 1. The summed E-state index contributed by atoms with van der Waals surface area (Å²) in [6, 6.07) is 5.77. The molecule has 2 aromatic rings. The fourth-order valence-electron chi connectivity index (χ4n) is 1.49. The molecule has 4 heteroatoms. The van der Waals surface area contributed by atoms with E-state index in [1.54, 1.807) is 0 Å². The van der Waals surface area contributed by atoms with Crippen molar-refractivity contribution in [3.05, 3.63) is 18.2 Å². The van der Waals surface area contributed by atoms with E-state index in [4.69, 9.17) is 5.73 Å². The van der Waals surface area contributed by atoms with Crippen molar-refractivity contribution in [1.82, 2.24) is 15.0 Å². The van der Waals surface area contributed by atoms with E-state index in [1.165, 1.54) is 0 Å². The van der Waals surface area contributed by atoms with E-state index in [0.29, 0.717) is 11.6 Å². The van der Waals surface area contributed by atoms with Crippen LogP contribution in [0.4, 0.5) is 5.69 Å². The molecule has 1 aromatic heterocycles. The quantitative estimate of drug-likeness (QED) is 0.733. The Hall–Kier alpha value is -1.58. The lowest BCUT2D eigenvalue weighted by molar-refractivity contribution is 0.483. The van der Waals surface area contributed by atoms with Crippen LogP contribution in [-0.4, -0.2) is 15.0 Å². The van der Waals surface area contributed by atoms with Crippen molar-refractivity contribution >= 4 is 16.7 Å². The first kappa shape index (κ1) is 8.99. The Kier molecular flexibility index (Phi) is 2.11. The maximum Gasteiger partial charge on any atom is 0.136 e. The predicted octanol–water partition coefficient (Wildman–Crippen LogP) is 1.67. The topological polar surface area (TPSA) is 56.7 Å². The molecule has 2 N–H and O–H groups in total. The average molecular weight is 190 g/mol. The number of benzene rings is 1. The summed E-state index contributed by atoms with van der Waals surface area (Å²) in [6.07, 6.45) is 0. The third-order valence-corrected chi connectivity index (χ3v) is 2.11. The van der Waals surface area contributed by atoms with Crippen LogP contribution in [0.1, 0.15) is 13.8 Å². The van der Waals surface area contributed by atoms with Gasteiger partial charge in [-0.1, -0.05) is 25.1 Å². The summed E-state index contributed by atoms with van der Waals surface area (Å²) in [7, 11) is 0. The van der Waals surface area contributed by atoms with Crippen molar-refractivity contribution in [2.45, 2.75) is 20.4 Å². The summed E-state index contributed by atoms with van der Waals surface area (Å²) in [5.41, 5.74) is 8.29. The number of nitrogens with zero attached hydrogens (tertiary/aromatic N) is 3. The highest BCUT2D eigenvalue weighted by atomic mass is 15.4. The van der Waals surface area contributed by atoms with Gasteiger partial charge in [0, 0.05) is 6.54 Å². The second-order valence-electron chi connectivity index (χ2n) is 3.88. The van der Waals surface area contributed by atoms with E-state index in [9.17, 15) is 0 Å². The zero-order chi connectivity index (χ0) is 10.1. The monoisotopic (exact) mass is 190 g/mol. The number of rotatable bonds is 2. The van der Waals surface area contributed by atoms with Crippen LogP contribution in [-0.2, 0) is 6.54 Å². The molecule has 1 aromatic carbocycles. The third-order valence-electron chi connectivity index (χ3n) is 2.11. The molecule has 0 bridgehead atoms. The third kappa shape index (κ3) is 1.43. The molecule has 0 saturated carbocycles. The van der Waals surface area contributed by atoms with Gasteiger partial charge in [-0.2, -0.15) is 0 Å². The molecule has 0 saturated heterocycles. The molecular formula is C10H14N4. The number of nitrogens with two attached hydrogens (primary N) is 1. The molecule has 1 heterocycles. The molecule has 0 fully saturated rings. The summed E-state index contributed by atoms with van der Waals surface area (Å²) in [4.78, 5) is 0. The van der Waals surface area contributed by atoms with Gasteiger partial charge in [0.15, 0.2) is 0 Å². The molecule has 2 rings (SSSR count). The van der Waals surface area contributed by atoms with Crippen molar-refractivity contribution in [1.29, 1.82) is 0 Å². The lowest BCUT2D eigenvalue weighted by Crippen LogP contribution is -2.05. The van der Waals surface area contributed by atoms with Gasteiger partial charge in [0.2, 0.25) is 0 Å². The zero-order valence-electron chi connectivity index (χ0n) is 8.44. The van der Waals surface area contributed by atoms with Gasteiger partial charge in [-0.05, 0) is 18.1 Å². The molecule has 14 heavy (non-hydrogen) atoms. The van der Waals surface area contributed by atoms with Crippen molar-refractivity contribution in [3.8, 4) is 0 Å². The molecule has 0 amide bonds. The van der Waals surface area contributed by atoms with Crippen molar-refractivity contribution in [2.75, 3.05) is 5.73 Å². The first-order chi connectivity index (χ1) is 6.68. The summed E-state index contributed by atoms with van der Waals surface area (Å²) in [5.74, 6) is 0.557. The summed E-state index contributed by atoms with van der Waals surface area (Å²) < 4.78 is 1.90. The number of fused-ring (bicyclic) bond motifs is 1. The van der Waals surface area contributed by atoms with E-state index in [0.717, 1.165) is 17.6 Å². The zero-order valence-corrected chi connectivity index (χ0v) is 8.44. The molecule has 0 atom stereocenters. The Morgan fingerprint density at radius 1 is 1.43 bits per heavy atom. The lowest BCUT2D eigenvalue weighted by atomic mass is 10.2. The smallest absolute Gasteiger partial charge is 0.136 e. The van der Waals surface area contributed by atoms with E-state index >= 15 is 0 Å². The van der Waals surface area contributed by atoms with Gasteiger partial charge >= 0.3 is 0 Å². The summed E-state index contributed by atoms with van der Waals surface area (Å²) in [5, 5.41) is 8.14. The Balaban J connectivity index is 2.52. The number of hydrogen-bond donors (Lipinski definition) is 1. The molecule has 0 radical (unpaired) electrons. The highest BCUT2D eigenvalue weighted by Gasteiger charge is 2.07. The molecule has 0 aliphatic carbocycles. The SMILES string of the molecule is CC(C)Cn1nnc2c(N)cccc21. The van der Waals surface area contributed by atoms with Crippen LogP contribution in [0, 0.1) is 5.92 Å². The molecule has 0 spiro atoms. The van der Waals surface area contributed by atoms with Crippen molar-refractivity contribution in [2.24, 2.45) is 5.92 Å². The van der Waals surface area contributed by atoms with Gasteiger partial charge in [0.05, 0.1) is 11.2 Å². The van der Waals surface area contributed by atoms with Crippen LogP contribution in [0.2, 0.25) is 0 Å². The van der Waals surface area contributed by atoms with Gasteiger partial charge in [0.1, 0.15) is 5.52 Å². The molecule has 0 aliphatic rings. The van der Waals surface area contributed by atoms with Crippen LogP contribution < -0.4 is 5.73 Å². The molecular weight excluding hydrogens is 176 g/mol. The normalized spacial score (nSPS) is 11.4. The highest BCUT2D eigenvalue weighted by Crippen LogP contribution is 2.18. The Morgan fingerprint density at radius 3 is 2.93 bits per heavy atom. The Bertz CT molecular complexity index is 444. The van der Waals surface area contributed by atoms with Gasteiger partial charge in [0.25, 0.3) is 0 Å². The van der Waals surface area contributed by atoms with E-state index < -0.39 is 0 Å². The molecule has 4 nitrogen and oxygen atoms in total. The molecule has 0 unspecified atom stereocenters. The minimum Gasteiger partial charge on any atom is -0.397 e. The predicted molar refractivity (Wildman–Crippen MR) is 56.8 cm³/mol. The highest BCUT2D eigenvalue weighted by molar-refractivity contribution is 5.86. The average Bonchev–Trinajstić information content (AvgIpc) is 2.49. The fourth-order valence-corrected chi connectivity index (χ4v) is 1.49. The fraction of sp³-hybridized carbons (Fsp3) is 0.400. The van der Waals surface area contributed by atoms with Crippen LogP contribution in [0.15, 0.2) is 18.2 Å². The van der Waals surface area contributed by atoms with Crippen LogP contribution in [0.3, 0.4) is 0 Å². The van der Waals surface area contributed by atoms with Crippen LogP contribution in [0.5, 0.6) is 0 Å². The maximum atomic E-state index is 5.78. The lowest BCUT2D eigenvalue weighted by Gasteiger charge is -2.04. The summed E-state index contributed by atoms with van der Waals surface area (Å²) >= 11 is 0. The van der Waals surface area contributed by atoms with Crippen molar-refractivity contribution < 1.29 is 0 Å². The van der Waals surface area contributed by atoms with Gasteiger partial charge in [-0.15, -0.1) is 5.10 Å². The minimum absolute atomic E-state index is 0.557. The van der Waals surface area contributed by atoms with E-state index in [2.05, 4.69) is 24.2 Å². The summed E-state index contributed by atoms with van der Waals surface area (Å²) in [6.45, 7) is 5.18. The standard InChI is InChI=1S/C10H14N4/c1-7(2)6-14-9-5-3-4-8(11)10(9)12-13-14/h3-5,7H,6,11H2,1-2H3. The van der Waals surface area contributed by atoms with Gasteiger partial charge in [-0.25, -0.2) is 4.68 Å². The second-order valence-corrected chi connectivity index (χ2v) is 3.88. The van der Waals surface area contributed by atoms with Crippen molar-refractivity contribution in [3.63, 3.8) is 0 Å². The first-order valence-corrected chi connectivity index (χ1v) is 4.76. The molecule has 74 valence electrons. The van der Waals surface area contributed by atoms with E-state index in [-0.39, 0.29) is 0 Å². The molecule has 0 aliphatic heterocycles. The maximum absolute atomic E-state index is 5.78. The number of hydrogen-bond acceptors (Lipinski definition) is 3. The van der Waals surface area contributed by atoms with E-state index in [1.807, 2.05) is 22.9 Å².